The van der Waals surface area contributed by atoms with Gasteiger partial charge in [-0.3, -0.25) is 4.90 Å². The molecule has 4 rings (SSSR count). The summed E-state index contributed by atoms with van der Waals surface area (Å²) in [7, 11) is 0. The monoisotopic (exact) mass is 356 g/mol. The van der Waals surface area contributed by atoms with Crippen LogP contribution in [-0.4, -0.2) is 48.7 Å². The minimum atomic E-state index is -3.22. The lowest BCUT2D eigenvalue weighted by molar-refractivity contribution is -0.118. The highest BCUT2D eigenvalue weighted by Crippen LogP contribution is 2.41. The van der Waals surface area contributed by atoms with Crippen molar-refractivity contribution < 1.29 is 13.9 Å². The van der Waals surface area contributed by atoms with Crippen molar-refractivity contribution in [1.82, 2.24) is 10.2 Å². The lowest BCUT2D eigenvalue weighted by Crippen LogP contribution is -2.51. The average molecular weight is 356 g/mol. The van der Waals surface area contributed by atoms with Gasteiger partial charge < -0.3 is 10.4 Å². The molecule has 26 heavy (non-hydrogen) atoms. The molecule has 2 N–H and O–H groups in total. The Balaban J connectivity index is 1.98. The van der Waals surface area contributed by atoms with Crippen molar-refractivity contribution >= 4 is 21.5 Å². The van der Waals surface area contributed by atoms with E-state index >= 15 is 0 Å². The van der Waals surface area contributed by atoms with Crippen molar-refractivity contribution in [2.75, 3.05) is 32.8 Å². The molecule has 1 fully saturated rings. The minimum absolute atomic E-state index is 0.529. The van der Waals surface area contributed by atoms with E-state index in [-0.39, 0.29) is 0 Å². The quantitative estimate of drug-likeness (QED) is 0.702. The van der Waals surface area contributed by atoms with Gasteiger partial charge in [0, 0.05) is 26.2 Å². The Morgan fingerprint density at radius 1 is 0.962 bits per heavy atom. The molecule has 1 aliphatic rings. The van der Waals surface area contributed by atoms with Crippen LogP contribution in [0.2, 0.25) is 0 Å². The van der Waals surface area contributed by atoms with Gasteiger partial charge in [0.25, 0.3) is 5.92 Å². The number of aliphatic hydroxyl groups excluding tert-OH is 1. The van der Waals surface area contributed by atoms with Crippen molar-refractivity contribution in [3.63, 3.8) is 0 Å². The fourth-order valence-electron chi connectivity index (χ4n) is 4.03. The molecular formula is C21H22F2N2O. The first kappa shape index (κ1) is 17.3. The fraction of sp³-hybridized carbons (Fsp3) is 0.333. The van der Waals surface area contributed by atoms with Crippen molar-refractivity contribution in [1.29, 1.82) is 0 Å². The van der Waals surface area contributed by atoms with Crippen LogP contribution in [0.5, 0.6) is 0 Å². The molecule has 0 spiro atoms. The highest BCUT2D eigenvalue weighted by atomic mass is 19.3. The summed E-state index contributed by atoms with van der Waals surface area (Å²) in [5.74, 6) is -3.22. The summed E-state index contributed by atoms with van der Waals surface area (Å²) in [5, 5.41) is 16.4. The molecule has 0 unspecified atom stereocenters. The molecule has 0 aliphatic carbocycles. The van der Waals surface area contributed by atoms with Gasteiger partial charge in [0.2, 0.25) is 0 Å². The van der Waals surface area contributed by atoms with Gasteiger partial charge in [0.1, 0.15) is 12.6 Å². The highest BCUT2D eigenvalue weighted by molar-refractivity contribution is 6.09. The number of hydrogen-bond acceptors (Lipinski definition) is 3. The number of aliphatic hydroxyl groups is 1. The summed E-state index contributed by atoms with van der Waals surface area (Å²) in [6.45, 7) is 1.23. The van der Waals surface area contributed by atoms with E-state index in [1.54, 1.807) is 4.90 Å². The predicted molar refractivity (Wildman–Crippen MR) is 101 cm³/mol. The third-order valence-corrected chi connectivity index (χ3v) is 5.22. The number of halogens is 2. The van der Waals surface area contributed by atoms with E-state index in [4.69, 9.17) is 0 Å². The van der Waals surface area contributed by atoms with E-state index in [0.717, 1.165) is 21.5 Å². The Hall–Kier alpha value is -2.08. The molecule has 0 radical (unpaired) electrons. The van der Waals surface area contributed by atoms with E-state index in [1.165, 1.54) is 0 Å². The lowest BCUT2D eigenvalue weighted by atomic mass is 9.89. The maximum absolute atomic E-state index is 14.9. The van der Waals surface area contributed by atoms with Crippen molar-refractivity contribution in [2.24, 2.45) is 0 Å². The molecule has 1 aliphatic heterocycles. The molecule has 136 valence electrons. The van der Waals surface area contributed by atoms with Crippen LogP contribution >= 0.6 is 0 Å². The number of nitrogens with one attached hydrogen (secondary N) is 1. The summed E-state index contributed by atoms with van der Waals surface area (Å²) in [6.07, 6.45) is 0. The first-order valence-corrected chi connectivity index (χ1v) is 8.95. The third kappa shape index (κ3) is 2.96. The first-order valence-electron chi connectivity index (χ1n) is 8.95. The zero-order valence-corrected chi connectivity index (χ0v) is 14.5. The Bertz CT molecular complexity index is 922. The summed E-state index contributed by atoms with van der Waals surface area (Å²) < 4.78 is 29.8. The van der Waals surface area contributed by atoms with Gasteiger partial charge in [-0.2, -0.15) is 0 Å². The van der Waals surface area contributed by atoms with Crippen LogP contribution in [0.4, 0.5) is 8.78 Å². The van der Waals surface area contributed by atoms with Crippen LogP contribution in [-0.2, 0) is 0 Å². The van der Waals surface area contributed by atoms with E-state index in [2.05, 4.69) is 5.32 Å². The summed E-state index contributed by atoms with van der Waals surface area (Å²) in [6, 6.07) is 16.3. The fourth-order valence-corrected chi connectivity index (χ4v) is 4.03. The molecule has 5 heteroatoms. The topological polar surface area (TPSA) is 35.5 Å². The van der Waals surface area contributed by atoms with Gasteiger partial charge in [-0.1, -0.05) is 48.5 Å². The minimum Gasteiger partial charge on any atom is -0.390 e. The second-order valence-electron chi connectivity index (χ2n) is 6.84. The molecule has 0 bridgehead atoms. The van der Waals surface area contributed by atoms with E-state index < -0.39 is 18.6 Å². The van der Waals surface area contributed by atoms with Gasteiger partial charge >= 0.3 is 0 Å². The molecule has 3 nitrogen and oxygen atoms in total. The standard InChI is InChI=1S/C21H22F2N2O/c22-21(23,14-26)20(25-11-9-24-10-12-25)19-13-15-5-1-2-6-16(15)17-7-3-4-8-18(17)19/h1-8,13,20,24,26H,9-12,14H2/t20-/m1/s1. The van der Waals surface area contributed by atoms with E-state index in [9.17, 15) is 13.9 Å². The first-order chi connectivity index (χ1) is 12.6. The molecule has 0 amide bonds. The van der Waals surface area contributed by atoms with Crippen LogP contribution in [0.3, 0.4) is 0 Å². The molecule has 1 heterocycles. The molecule has 0 aromatic heterocycles. The van der Waals surface area contributed by atoms with Crippen LogP contribution in [0.1, 0.15) is 11.6 Å². The summed E-state index contributed by atoms with van der Waals surface area (Å²) in [4.78, 5) is 1.79. The number of hydrogen-bond donors (Lipinski definition) is 2. The van der Waals surface area contributed by atoms with Crippen LogP contribution < -0.4 is 5.32 Å². The smallest absolute Gasteiger partial charge is 0.289 e. The second-order valence-corrected chi connectivity index (χ2v) is 6.84. The number of benzene rings is 3. The third-order valence-electron chi connectivity index (χ3n) is 5.22. The number of alkyl halides is 2. The van der Waals surface area contributed by atoms with Crippen molar-refractivity contribution in [2.45, 2.75) is 12.0 Å². The average Bonchev–Trinajstić information content (AvgIpc) is 2.69. The normalized spacial score (nSPS) is 17.7. The number of nitrogens with zero attached hydrogens (tertiary/aromatic N) is 1. The largest absolute Gasteiger partial charge is 0.390 e. The van der Waals surface area contributed by atoms with Crippen LogP contribution in [0.15, 0.2) is 54.6 Å². The van der Waals surface area contributed by atoms with Gasteiger partial charge in [0.15, 0.2) is 0 Å². The van der Waals surface area contributed by atoms with Crippen molar-refractivity contribution in [3.8, 4) is 0 Å². The van der Waals surface area contributed by atoms with Gasteiger partial charge in [-0.05, 0) is 33.2 Å². The molecular weight excluding hydrogens is 334 g/mol. The Morgan fingerprint density at radius 2 is 1.58 bits per heavy atom. The number of rotatable bonds is 4. The lowest BCUT2D eigenvalue weighted by Gasteiger charge is -2.39. The zero-order chi connectivity index (χ0) is 18.1. The van der Waals surface area contributed by atoms with E-state index in [0.29, 0.717) is 31.7 Å². The summed E-state index contributed by atoms with van der Waals surface area (Å²) in [5.41, 5.74) is 0.584. The maximum atomic E-state index is 14.9. The zero-order valence-electron chi connectivity index (χ0n) is 14.5. The van der Waals surface area contributed by atoms with Crippen LogP contribution in [0, 0.1) is 0 Å². The highest BCUT2D eigenvalue weighted by Gasteiger charge is 2.44. The second kappa shape index (κ2) is 6.91. The Kier molecular flexibility index (Phi) is 4.61. The molecule has 1 atom stereocenters. The van der Waals surface area contributed by atoms with Gasteiger partial charge in [0.05, 0.1) is 0 Å². The predicted octanol–water partition coefficient (Wildman–Crippen LogP) is 3.57. The molecule has 3 aromatic rings. The molecule has 0 saturated carbocycles. The van der Waals surface area contributed by atoms with Crippen molar-refractivity contribution in [3.05, 3.63) is 60.2 Å². The number of fused-ring (bicyclic) bond motifs is 3. The summed E-state index contributed by atoms with van der Waals surface area (Å²) >= 11 is 0. The maximum Gasteiger partial charge on any atom is 0.289 e. The molecule has 1 saturated heterocycles. The Morgan fingerprint density at radius 3 is 2.27 bits per heavy atom. The van der Waals surface area contributed by atoms with E-state index in [1.807, 2.05) is 54.6 Å². The van der Waals surface area contributed by atoms with Gasteiger partial charge in [-0.25, -0.2) is 8.78 Å². The number of piperazine rings is 1. The van der Waals surface area contributed by atoms with Crippen LogP contribution in [0.25, 0.3) is 21.5 Å². The van der Waals surface area contributed by atoms with Gasteiger partial charge in [-0.15, -0.1) is 0 Å². The molecule has 3 aromatic carbocycles. The Labute approximate surface area is 151 Å². The SMILES string of the molecule is OCC(F)(F)[C@@H](c1cc2ccccc2c2ccccc12)N1CCNCC1.